The molecule has 1 amide bonds. The van der Waals surface area contributed by atoms with Crippen LogP contribution < -0.4 is 14.9 Å². The van der Waals surface area contributed by atoms with Gasteiger partial charge < -0.3 is 9.47 Å². The molecule has 3 aromatic rings. The lowest BCUT2D eigenvalue weighted by Gasteiger charge is -2.08. The van der Waals surface area contributed by atoms with Crippen molar-refractivity contribution in [3.05, 3.63) is 64.0 Å². The fourth-order valence-electron chi connectivity index (χ4n) is 2.42. The highest BCUT2D eigenvalue weighted by molar-refractivity contribution is 9.10. The Morgan fingerprint density at radius 2 is 1.96 bits per heavy atom. The van der Waals surface area contributed by atoms with Crippen LogP contribution in [0.4, 0.5) is 4.39 Å². The quantitative estimate of drug-likeness (QED) is 0.445. The van der Waals surface area contributed by atoms with E-state index in [2.05, 4.69) is 36.7 Å². The molecule has 2 N–H and O–H groups in total. The fourth-order valence-corrected chi connectivity index (χ4v) is 2.79. The molecule has 144 valence electrons. The number of rotatable bonds is 6. The molecular formula is C19H16BrFN4O3. The van der Waals surface area contributed by atoms with Crippen LogP contribution in [0, 0.1) is 5.82 Å². The molecule has 0 bridgehead atoms. The van der Waals surface area contributed by atoms with Crippen LogP contribution in [-0.4, -0.2) is 36.5 Å². The number of carbonyl (C=O) groups is 1. The number of nitrogens with one attached hydrogen (secondary N) is 2. The predicted octanol–water partition coefficient (Wildman–Crippen LogP) is 3.76. The summed E-state index contributed by atoms with van der Waals surface area (Å²) < 4.78 is 24.8. The van der Waals surface area contributed by atoms with Gasteiger partial charge in [-0.15, -0.1) is 0 Å². The first kappa shape index (κ1) is 19.6. The Balaban J connectivity index is 1.72. The average molecular weight is 447 g/mol. The summed E-state index contributed by atoms with van der Waals surface area (Å²) in [6.45, 7) is 0. The van der Waals surface area contributed by atoms with Crippen LogP contribution in [0.25, 0.3) is 11.3 Å². The minimum absolute atomic E-state index is 0.205. The van der Waals surface area contributed by atoms with Crippen LogP contribution in [0.1, 0.15) is 16.1 Å². The van der Waals surface area contributed by atoms with Crippen LogP contribution in [0.2, 0.25) is 0 Å². The maximum Gasteiger partial charge on any atom is 0.289 e. The second-order valence-corrected chi connectivity index (χ2v) is 6.52. The van der Waals surface area contributed by atoms with Gasteiger partial charge in [-0.25, -0.2) is 9.82 Å². The summed E-state index contributed by atoms with van der Waals surface area (Å²) in [6.07, 6.45) is 1.23. The molecular weight excluding hydrogens is 431 g/mol. The molecule has 0 fully saturated rings. The zero-order valence-electron chi connectivity index (χ0n) is 15.0. The summed E-state index contributed by atoms with van der Waals surface area (Å²) in [4.78, 5) is 12.2. The van der Waals surface area contributed by atoms with E-state index in [-0.39, 0.29) is 11.3 Å². The van der Waals surface area contributed by atoms with E-state index in [0.29, 0.717) is 21.7 Å². The number of ether oxygens (including phenoxy) is 2. The van der Waals surface area contributed by atoms with Gasteiger partial charge in [-0.3, -0.25) is 9.89 Å². The number of hydrogen-bond acceptors (Lipinski definition) is 5. The first-order chi connectivity index (χ1) is 13.5. The summed E-state index contributed by atoms with van der Waals surface area (Å²) in [5, 5.41) is 10.6. The van der Waals surface area contributed by atoms with Crippen LogP contribution >= 0.6 is 15.9 Å². The van der Waals surface area contributed by atoms with Crippen molar-refractivity contribution in [3.8, 4) is 22.8 Å². The topological polar surface area (TPSA) is 88.6 Å². The molecule has 0 atom stereocenters. The van der Waals surface area contributed by atoms with Gasteiger partial charge in [0.15, 0.2) is 11.5 Å². The van der Waals surface area contributed by atoms with E-state index in [1.807, 2.05) is 0 Å². The predicted molar refractivity (Wildman–Crippen MR) is 106 cm³/mol. The van der Waals surface area contributed by atoms with Gasteiger partial charge in [-0.05, 0) is 42.5 Å². The lowest BCUT2D eigenvalue weighted by atomic mass is 10.1. The van der Waals surface area contributed by atoms with E-state index in [9.17, 15) is 9.18 Å². The maximum atomic E-state index is 13.7. The Morgan fingerprint density at radius 3 is 2.71 bits per heavy atom. The Bertz CT molecular complexity index is 1040. The van der Waals surface area contributed by atoms with Crippen molar-refractivity contribution >= 4 is 28.1 Å². The largest absolute Gasteiger partial charge is 0.493 e. The van der Waals surface area contributed by atoms with Gasteiger partial charge in [0.1, 0.15) is 11.5 Å². The lowest BCUT2D eigenvalue weighted by molar-refractivity contribution is 0.0950. The van der Waals surface area contributed by atoms with E-state index >= 15 is 0 Å². The lowest BCUT2D eigenvalue weighted by Crippen LogP contribution is -2.18. The maximum absolute atomic E-state index is 13.7. The molecule has 0 spiro atoms. The molecule has 0 aliphatic rings. The highest BCUT2D eigenvalue weighted by atomic mass is 79.9. The molecule has 0 unspecified atom stereocenters. The van der Waals surface area contributed by atoms with Gasteiger partial charge in [-0.2, -0.15) is 10.2 Å². The molecule has 3 rings (SSSR count). The fraction of sp³-hybridized carbons (Fsp3) is 0.105. The molecule has 0 aliphatic carbocycles. The van der Waals surface area contributed by atoms with Crippen molar-refractivity contribution in [1.82, 2.24) is 15.6 Å². The number of nitrogens with zero attached hydrogens (tertiary/aromatic N) is 2. The highest BCUT2D eigenvalue weighted by Gasteiger charge is 2.12. The number of aromatic amines is 1. The smallest absolute Gasteiger partial charge is 0.289 e. The minimum Gasteiger partial charge on any atom is -0.493 e. The number of methoxy groups -OCH3 is 2. The molecule has 7 nitrogen and oxygen atoms in total. The molecule has 0 saturated heterocycles. The summed E-state index contributed by atoms with van der Waals surface area (Å²) in [5.74, 6) is 0.188. The van der Waals surface area contributed by atoms with Crippen molar-refractivity contribution in [2.24, 2.45) is 5.10 Å². The van der Waals surface area contributed by atoms with Gasteiger partial charge in [0.05, 0.1) is 26.1 Å². The average Bonchev–Trinajstić information content (AvgIpc) is 3.20. The molecule has 1 heterocycles. The third kappa shape index (κ3) is 4.37. The van der Waals surface area contributed by atoms with Crippen LogP contribution in [0.3, 0.4) is 0 Å². The Morgan fingerprint density at radius 1 is 1.18 bits per heavy atom. The second kappa shape index (κ2) is 8.66. The molecule has 1 aromatic heterocycles. The van der Waals surface area contributed by atoms with E-state index in [4.69, 9.17) is 9.47 Å². The zero-order valence-corrected chi connectivity index (χ0v) is 16.6. The molecule has 2 aromatic carbocycles. The van der Waals surface area contributed by atoms with Gasteiger partial charge in [0, 0.05) is 15.6 Å². The zero-order chi connectivity index (χ0) is 20.1. The van der Waals surface area contributed by atoms with Gasteiger partial charge in [0.2, 0.25) is 0 Å². The number of hydrazone groups is 1. The van der Waals surface area contributed by atoms with Gasteiger partial charge in [-0.1, -0.05) is 15.9 Å². The molecule has 0 saturated carbocycles. The summed E-state index contributed by atoms with van der Waals surface area (Å²) >= 11 is 3.25. The SMILES string of the molecule is COc1ccc(-c2cc(C(=O)N/N=C\c3cc(Br)ccc3F)[nH]n2)cc1OC. The van der Waals surface area contributed by atoms with Crippen molar-refractivity contribution in [3.63, 3.8) is 0 Å². The normalized spacial score (nSPS) is 10.9. The number of aromatic nitrogens is 2. The standard InChI is InChI=1S/C19H16BrFN4O3/c1-27-17-6-3-11(8-18(17)28-2)15-9-16(24-23-15)19(26)25-22-10-12-7-13(20)4-5-14(12)21/h3-10H,1-2H3,(H,23,24)(H,25,26)/b22-10-. The molecule has 9 heteroatoms. The minimum atomic E-state index is -0.508. The van der Waals surface area contributed by atoms with Crippen molar-refractivity contribution in [1.29, 1.82) is 0 Å². The Hall–Kier alpha value is -3.20. The third-order valence-corrected chi connectivity index (χ3v) is 4.32. The summed E-state index contributed by atoms with van der Waals surface area (Å²) in [7, 11) is 3.09. The molecule has 0 radical (unpaired) electrons. The van der Waals surface area contributed by atoms with Crippen molar-refractivity contribution < 1.29 is 18.7 Å². The van der Waals surface area contributed by atoms with Crippen LogP contribution in [0.15, 0.2) is 52.0 Å². The van der Waals surface area contributed by atoms with Gasteiger partial charge >= 0.3 is 0 Å². The van der Waals surface area contributed by atoms with Crippen LogP contribution in [0.5, 0.6) is 11.5 Å². The highest BCUT2D eigenvalue weighted by Crippen LogP contribution is 2.31. The van der Waals surface area contributed by atoms with E-state index in [0.717, 1.165) is 5.56 Å². The van der Waals surface area contributed by atoms with Crippen molar-refractivity contribution in [2.75, 3.05) is 14.2 Å². The first-order valence-electron chi connectivity index (χ1n) is 8.08. The van der Waals surface area contributed by atoms with Crippen LogP contribution in [-0.2, 0) is 0 Å². The third-order valence-electron chi connectivity index (χ3n) is 3.83. The molecule has 28 heavy (non-hydrogen) atoms. The summed E-state index contributed by atoms with van der Waals surface area (Å²) in [6, 6.07) is 11.3. The molecule has 0 aliphatic heterocycles. The van der Waals surface area contributed by atoms with E-state index in [1.54, 1.807) is 43.5 Å². The number of benzene rings is 2. The summed E-state index contributed by atoms with van der Waals surface area (Å²) in [5.41, 5.74) is 4.07. The Kier molecular flexibility index (Phi) is 6.05. The number of hydrogen-bond donors (Lipinski definition) is 2. The van der Waals surface area contributed by atoms with Crippen molar-refractivity contribution in [2.45, 2.75) is 0 Å². The number of carbonyl (C=O) groups excluding carboxylic acids is 1. The Labute approximate surface area is 168 Å². The van der Waals surface area contributed by atoms with E-state index < -0.39 is 11.7 Å². The number of H-pyrrole nitrogens is 1. The van der Waals surface area contributed by atoms with E-state index in [1.165, 1.54) is 19.4 Å². The first-order valence-corrected chi connectivity index (χ1v) is 8.87. The number of halogens is 2. The second-order valence-electron chi connectivity index (χ2n) is 5.60. The monoisotopic (exact) mass is 446 g/mol. The number of amides is 1. The van der Waals surface area contributed by atoms with Gasteiger partial charge in [0.25, 0.3) is 5.91 Å².